The summed E-state index contributed by atoms with van der Waals surface area (Å²) in [5.74, 6) is 0.901. The third-order valence-electron chi connectivity index (χ3n) is 2.77. The molecule has 0 atom stereocenters. The van der Waals surface area contributed by atoms with Gasteiger partial charge in [0.25, 0.3) is 0 Å². The molecule has 0 amide bonds. The summed E-state index contributed by atoms with van der Waals surface area (Å²) >= 11 is 0. The second-order valence-electron chi connectivity index (χ2n) is 3.88. The number of nitrogens with zero attached hydrogens (tertiary/aromatic N) is 2. The topological polar surface area (TPSA) is 37.8 Å². The molecule has 76 valence electrons. The Labute approximate surface area is 85.0 Å². The van der Waals surface area contributed by atoms with Crippen LogP contribution in [0.25, 0.3) is 0 Å². The van der Waals surface area contributed by atoms with E-state index in [2.05, 4.69) is 15.3 Å². The van der Waals surface area contributed by atoms with Crippen molar-refractivity contribution in [3.63, 3.8) is 0 Å². The van der Waals surface area contributed by atoms with Gasteiger partial charge in [-0.3, -0.25) is 0 Å². The van der Waals surface area contributed by atoms with Gasteiger partial charge in [-0.1, -0.05) is 19.3 Å². The fourth-order valence-corrected chi connectivity index (χ4v) is 1.96. The first-order valence-corrected chi connectivity index (χ1v) is 5.44. The SMILES string of the molecule is c1cnc(CNC2CCCCC2)nc1. The van der Waals surface area contributed by atoms with Crippen LogP contribution in [0.3, 0.4) is 0 Å². The van der Waals surface area contributed by atoms with Crippen LogP contribution in [-0.2, 0) is 6.54 Å². The molecule has 3 nitrogen and oxygen atoms in total. The largest absolute Gasteiger partial charge is 0.307 e. The van der Waals surface area contributed by atoms with Crippen molar-refractivity contribution in [1.82, 2.24) is 15.3 Å². The molecule has 0 aromatic carbocycles. The number of nitrogens with one attached hydrogen (secondary N) is 1. The van der Waals surface area contributed by atoms with Crippen LogP contribution < -0.4 is 5.32 Å². The lowest BCUT2D eigenvalue weighted by Crippen LogP contribution is -2.31. The zero-order valence-corrected chi connectivity index (χ0v) is 8.45. The Morgan fingerprint density at radius 2 is 1.86 bits per heavy atom. The maximum absolute atomic E-state index is 4.19. The van der Waals surface area contributed by atoms with Crippen molar-refractivity contribution in [3.8, 4) is 0 Å². The molecule has 0 saturated heterocycles. The second-order valence-corrected chi connectivity index (χ2v) is 3.88. The molecule has 1 heterocycles. The number of hydrogen-bond acceptors (Lipinski definition) is 3. The van der Waals surface area contributed by atoms with E-state index in [1.807, 2.05) is 6.07 Å². The highest BCUT2D eigenvalue weighted by Gasteiger charge is 2.12. The summed E-state index contributed by atoms with van der Waals surface area (Å²) in [6.07, 6.45) is 10.4. The quantitative estimate of drug-likeness (QED) is 0.793. The van der Waals surface area contributed by atoms with Crippen LogP contribution in [0.4, 0.5) is 0 Å². The van der Waals surface area contributed by atoms with E-state index in [1.54, 1.807) is 12.4 Å². The van der Waals surface area contributed by atoms with Gasteiger partial charge in [-0.25, -0.2) is 9.97 Å². The first-order valence-electron chi connectivity index (χ1n) is 5.44. The van der Waals surface area contributed by atoms with E-state index >= 15 is 0 Å². The predicted molar refractivity (Wildman–Crippen MR) is 55.7 cm³/mol. The lowest BCUT2D eigenvalue weighted by atomic mass is 9.95. The summed E-state index contributed by atoms with van der Waals surface area (Å²) in [7, 11) is 0. The molecule has 1 aromatic heterocycles. The third-order valence-corrected chi connectivity index (χ3v) is 2.77. The van der Waals surface area contributed by atoms with E-state index < -0.39 is 0 Å². The minimum atomic E-state index is 0.688. The molecule has 0 aliphatic heterocycles. The summed E-state index contributed by atoms with van der Waals surface area (Å²) in [5, 5.41) is 3.51. The van der Waals surface area contributed by atoms with E-state index in [0.29, 0.717) is 6.04 Å². The Hall–Kier alpha value is -0.960. The monoisotopic (exact) mass is 191 g/mol. The maximum atomic E-state index is 4.19. The fourth-order valence-electron chi connectivity index (χ4n) is 1.96. The van der Waals surface area contributed by atoms with Gasteiger partial charge in [0.15, 0.2) is 0 Å². The summed E-state index contributed by atoms with van der Waals surface area (Å²) < 4.78 is 0. The molecule has 1 N–H and O–H groups in total. The molecule has 3 heteroatoms. The number of rotatable bonds is 3. The van der Waals surface area contributed by atoms with Gasteiger partial charge in [0.2, 0.25) is 0 Å². The molecule has 1 saturated carbocycles. The summed E-state index contributed by atoms with van der Waals surface area (Å²) in [6.45, 7) is 0.811. The molecule has 0 unspecified atom stereocenters. The molecular weight excluding hydrogens is 174 g/mol. The summed E-state index contributed by atoms with van der Waals surface area (Å²) in [4.78, 5) is 8.38. The average Bonchev–Trinajstić information content (AvgIpc) is 2.29. The van der Waals surface area contributed by atoms with Gasteiger partial charge in [0.05, 0.1) is 6.54 Å². The van der Waals surface area contributed by atoms with E-state index in [0.717, 1.165) is 12.4 Å². The lowest BCUT2D eigenvalue weighted by molar-refractivity contribution is 0.369. The Kier molecular flexibility index (Phi) is 3.46. The van der Waals surface area contributed by atoms with E-state index in [-0.39, 0.29) is 0 Å². The molecule has 1 aromatic rings. The van der Waals surface area contributed by atoms with Crippen molar-refractivity contribution in [2.75, 3.05) is 0 Å². The zero-order chi connectivity index (χ0) is 9.64. The Bertz CT molecular complexity index is 254. The molecular formula is C11H17N3. The van der Waals surface area contributed by atoms with Gasteiger partial charge in [-0.05, 0) is 18.9 Å². The number of aromatic nitrogens is 2. The molecule has 1 aliphatic carbocycles. The molecule has 14 heavy (non-hydrogen) atoms. The normalized spacial score (nSPS) is 18.3. The van der Waals surface area contributed by atoms with E-state index in [9.17, 15) is 0 Å². The standard InChI is InChI=1S/C11H17N3/c1-2-5-10(6-3-1)14-9-11-12-7-4-8-13-11/h4,7-8,10,14H,1-3,5-6,9H2. The van der Waals surface area contributed by atoms with Gasteiger partial charge >= 0.3 is 0 Å². The molecule has 0 bridgehead atoms. The molecule has 1 aliphatic rings. The van der Waals surface area contributed by atoms with Crippen molar-refractivity contribution in [3.05, 3.63) is 24.3 Å². The molecule has 0 spiro atoms. The van der Waals surface area contributed by atoms with Crippen LogP contribution in [0.2, 0.25) is 0 Å². The van der Waals surface area contributed by atoms with Crippen molar-refractivity contribution in [2.45, 2.75) is 44.7 Å². The van der Waals surface area contributed by atoms with Crippen LogP contribution in [-0.4, -0.2) is 16.0 Å². The first-order chi connectivity index (χ1) is 6.95. The van der Waals surface area contributed by atoms with E-state index in [1.165, 1.54) is 32.1 Å². The van der Waals surface area contributed by atoms with Crippen molar-refractivity contribution < 1.29 is 0 Å². The minimum Gasteiger partial charge on any atom is -0.307 e. The van der Waals surface area contributed by atoms with Gasteiger partial charge in [0, 0.05) is 18.4 Å². The Balaban J connectivity index is 1.76. The van der Waals surface area contributed by atoms with Crippen LogP contribution in [0.15, 0.2) is 18.5 Å². The van der Waals surface area contributed by atoms with Gasteiger partial charge < -0.3 is 5.32 Å². The van der Waals surface area contributed by atoms with E-state index in [4.69, 9.17) is 0 Å². The summed E-state index contributed by atoms with van der Waals surface area (Å²) in [6, 6.07) is 2.54. The smallest absolute Gasteiger partial charge is 0.141 e. The van der Waals surface area contributed by atoms with Crippen LogP contribution >= 0.6 is 0 Å². The van der Waals surface area contributed by atoms with Gasteiger partial charge in [-0.2, -0.15) is 0 Å². The lowest BCUT2D eigenvalue weighted by Gasteiger charge is -2.22. The highest BCUT2D eigenvalue weighted by Crippen LogP contribution is 2.17. The number of hydrogen-bond donors (Lipinski definition) is 1. The minimum absolute atomic E-state index is 0.688. The van der Waals surface area contributed by atoms with Crippen LogP contribution in [0.5, 0.6) is 0 Å². The van der Waals surface area contributed by atoms with Gasteiger partial charge in [-0.15, -0.1) is 0 Å². The fraction of sp³-hybridized carbons (Fsp3) is 0.636. The molecule has 0 radical (unpaired) electrons. The summed E-state index contributed by atoms with van der Waals surface area (Å²) in [5.41, 5.74) is 0. The second kappa shape index (κ2) is 5.05. The first kappa shape index (κ1) is 9.59. The molecule has 1 fully saturated rings. The van der Waals surface area contributed by atoms with Crippen LogP contribution in [0, 0.1) is 0 Å². The van der Waals surface area contributed by atoms with Crippen molar-refractivity contribution in [2.24, 2.45) is 0 Å². The highest BCUT2D eigenvalue weighted by atomic mass is 15.0. The maximum Gasteiger partial charge on any atom is 0.141 e. The third kappa shape index (κ3) is 2.77. The van der Waals surface area contributed by atoms with Crippen molar-refractivity contribution in [1.29, 1.82) is 0 Å². The zero-order valence-electron chi connectivity index (χ0n) is 8.45. The Morgan fingerprint density at radius 3 is 2.57 bits per heavy atom. The van der Waals surface area contributed by atoms with Gasteiger partial charge in [0.1, 0.15) is 5.82 Å². The Morgan fingerprint density at radius 1 is 1.14 bits per heavy atom. The van der Waals surface area contributed by atoms with Crippen molar-refractivity contribution >= 4 is 0 Å². The predicted octanol–water partition coefficient (Wildman–Crippen LogP) is 1.90. The highest BCUT2D eigenvalue weighted by molar-refractivity contribution is 4.88. The molecule has 2 rings (SSSR count). The average molecular weight is 191 g/mol. The van der Waals surface area contributed by atoms with Crippen LogP contribution in [0.1, 0.15) is 37.9 Å².